The molecule has 5 nitrogen and oxygen atoms in total. The van der Waals surface area contributed by atoms with Gasteiger partial charge in [0.15, 0.2) is 5.88 Å². The lowest BCUT2D eigenvalue weighted by Crippen LogP contribution is -2.39. The van der Waals surface area contributed by atoms with Crippen molar-refractivity contribution in [3.8, 4) is 5.88 Å². The van der Waals surface area contributed by atoms with Crippen molar-refractivity contribution in [2.75, 3.05) is 19.6 Å². The summed E-state index contributed by atoms with van der Waals surface area (Å²) in [5.74, 6) is 0.0668. The molecule has 1 atom stereocenters. The Morgan fingerprint density at radius 1 is 1.19 bits per heavy atom. The molecule has 1 aliphatic rings. The van der Waals surface area contributed by atoms with Crippen LogP contribution in [0.3, 0.4) is 0 Å². The largest absolute Gasteiger partial charge is 0.494 e. The second kappa shape index (κ2) is 9.75. The number of carbonyl (C=O) groups excluding carboxylic acids is 1. The van der Waals surface area contributed by atoms with E-state index in [0.29, 0.717) is 35.1 Å². The number of benzene rings is 2. The highest BCUT2D eigenvalue weighted by Crippen LogP contribution is 2.29. The molecule has 0 spiro atoms. The standard InChI is InChI=1S/C25H30ClN3O2/c1-18-5-2-3-13-28(18)14-4-12-27-24(30)20-8-9-21-17-29(25(31)23(21)15-20)16-19-6-10-22(26)11-7-19/h6-11,15,17-18,31H,2-5,12-14,16H2,1H3,(H,27,30). The van der Waals surface area contributed by atoms with Gasteiger partial charge in [0.05, 0.1) is 6.54 Å². The lowest BCUT2D eigenvalue weighted by molar-refractivity contribution is 0.0949. The highest BCUT2D eigenvalue weighted by atomic mass is 35.5. The van der Waals surface area contributed by atoms with Gasteiger partial charge in [-0.3, -0.25) is 4.79 Å². The molecule has 1 amide bonds. The summed E-state index contributed by atoms with van der Waals surface area (Å²) < 4.78 is 1.79. The van der Waals surface area contributed by atoms with Gasteiger partial charge in [0.25, 0.3) is 5.91 Å². The van der Waals surface area contributed by atoms with E-state index in [0.717, 1.165) is 30.5 Å². The minimum Gasteiger partial charge on any atom is -0.494 e. The molecule has 0 aliphatic carbocycles. The van der Waals surface area contributed by atoms with Crippen molar-refractivity contribution >= 4 is 28.3 Å². The summed E-state index contributed by atoms with van der Waals surface area (Å²) in [6.45, 7) is 5.67. The fraction of sp³-hybridized carbons (Fsp3) is 0.400. The van der Waals surface area contributed by atoms with Crippen LogP contribution in [-0.4, -0.2) is 46.2 Å². The number of likely N-dealkylation sites (tertiary alicyclic amines) is 1. The third-order valence-corrected chi connectivity index (χ3v) is 6.49. The first kappa shape index (κ1) is 21.7. The summed E-state index contributed by atoms with van der Waals surface area (Å²) in [7, 11) is 0. The highest BCUT2D eigenvalue weighted by Gasteiger charge is 2.17. The van der Waals surface area contributed by atoms with E-state index in [1.807, 2.05) is 42.6 Å². The zero-order valence-corrected chi connectivity index (χ0v) is 18.7. The van der Waals surface area contributed by atoms with Crippen LogP contribution in [0, 0.1) is 0 Å². The Hall–Kier alpha value is -2.50. The normalized spacial score (nSPS) is 17.2. The second-order valence-electron chi connectivity index (χ2n) is 8.50. The van der Waals surface area contributed by atoms with Crippen LogP contribution in [-0.2, 0) is 6.54 Å². The smallest absolute Gasteiger partial charge is 0.251 e. The Balaban J connectivity index is 1.37. The molecule has 0 radical (unpaired) electrons. The molecule has 1 saturated heterocycles. The predicted octanol–water partition coefficient (Wildman–Crippen LogP) is 5.04. The van der Waals surface area contributed by atoms with Crippen LogP contribution >= 0.6 is 11.6 Å². The fourth-order valence-corrected chi connectivity index (χ4v) is 4.50. The molecule has 1 aromatic heterocycles. The molecule has 2 aromatic carbocycles. The third kappa shape index (κ3) is 5.23. The number of fused-ring (bicyclic) bond motifs is 1. The Morgan fingerprint density at radius 3 is 2.77 bits per heavy atom. The van der Waals surface area contributed by atoms with Gasteiger partial charge in [0.2, 0.25) is 0 Å². The van der Waals surface area contributed by atoms with Crippen LogP contribution in [0.1, 0.15) is 48.5 Å². The summed E-state index contributed by atoms with van der Waals surface area (Å²) >= 11 is 5.95. The summed E-state index contributed by atoms with van der Waals surface area (Å²) in [6, 6.07) is 13.7. The predicted molar refractivity (Wildman–Crippen MR) is 126 cm³/mol. The van der Waals surface area contributed by atoms with Gasteiger partial charge < -0.3 is 19.9 Å². The number of halogens is 1. The summed E-state index contributed by atoms with van der Waals surface area (Å²) in [5.41, 5.74) is 1.61. The van der Waals surface area contributed by atoms with Gasteiger partial charge in [-0.15, -0.1) is 0 Å². The van der Waals surface area contributed by atoms with E-state index in [-0.39, 0.29) is 11.8 Å². The minimum absolute atomic E-state index is 0.0987. The molecule has 164 valence electrons. The Kier molecular flexibility index (Phi) is 6.83. The van der Waals surface area contributed by atoms with Gasteiger partial charge >= 0.3 is 0 Å². The number of rotatable bonds is 7. The number of carbonyl (C=O) groups is 1. The molecule has 3 aromatic rings. The molecular formula is C25H30ClN3O2. The topological polar surface area (TPSA) is 57.5 Å². The van der Waals surface area contributed by atoms with E-state index in [1.54, 1.807) is 10.6 Å². The molecule has 31 heavy (non-hydrogen) atoms. The number of amides is 1. The molecule has 0 saturated carbocycles. The van der Waals surface area contributed by atoms with Crippen molar-refractivity contribution in [1.29, 1.82) is 0 Å². The lowest BCUT2D eigenvalue weighted by atomic mass is 10.0. The monoisotopic (exact) mass is 439 g/mol. The molecule has 0 bridgehead atoms. The van der Waals surface area contributed by atoms with Crippen molar-refractivity contribution in [3.63, 3.8) is 0 Å². The van der Waals surface area contributed by atoms with Crippen molar-refractivity contribution in [1.82, 2.24) is 14.8 Å². The van der Waals surface area contributed by atoms with Gasteiger partial charge in [-0.1, -0.05) is 36.2 Å². The molecule has 4 rings (SSSR count). The van der Waals surface area contributed by atoms with Crippen LogP contribution in [0.2, 0.25) is 5.02 Å². The van der Waals surface area contributed by atoms with Crippen molar-refractivity contribution in [3.05, 3.63) is 64.8 Å². The van der Waals surface area contributed by atoms with E-state index in [1.165, 1.54) is 19.3 Å². The van der Waals surface area contributed by atoms with Crippen LogP contribution < -0.4 is 5.32 Å². The summed E-state index contributed by atoms with van der Waals surface area (Å²) in [6.07, 6.45) is 6.72. The van der Waals surface area contributed by atoms with Gasteiger partial charge in [0.1, 0.15) is 0 Å². The van der Waals surface area contributed by atoms with Crippen LogP contribution in [0.5, 0.6) is 5.88 Å². The van der Waals surface area contributed by atoms with Gasteiger partial charge in [0, 0.05) is 46.7 Å². The molecule has 1 unspecified atom stereocenters. The molecule has 1 fully saturated rings. The maximum absolute atomic E-state index is 12.6. The Bertz CT molecular complexity index is 1040. The number of nitrogens with zero attached hydrogens (tertiary/aromatic N) is 2. The number of hydrogen-bond donors (Lipinski definition) is 2. The van der Waals surface area contributed by atoms with E-state index in [4.69, 9.17) is 11.6 Å². The van der Waals surface area contributed by atoms with Gasteiger partial charge in [-0.25, -0.2) is 0 Å². The zero-order chi connectivity index (χ0) is 21.8. The number of hydrogen-bond acceptors (Lipinski definition) is 3. The number of aromatic hydroxyl groups is 1. The van der Waals surface area contributed by atoms with Gasteiger partial charge in [-0.2, -0.15) is 0 Å². The zero-order valence-electron chi connectivity index (χ0n) is 18.0. The fourth-order valence-electron chi connectivity index (χ4n) is 4.37. The summed E-state index contributed by atoms with van der Waals surface area (Å²) in [5, 5.41) is 16.0. The van der Waals surface area contributed by atoms with Crippen molar-refractivity contribution in [2.45, 2.75) is 45.2 Å². The van der Waals surface area contributed by atoms with Crippen LogP contribution in [0.15, 0.2) is 48.7 Å². The molecule has 1 aliphatic heterocycles. The average Bonchev–Trinajstić information content (AvgIpc) is 3.08. The average molecular weight is 440 g/mol. The summed E-state index contributed by atoms with van der Waals surface area (Å²) in [4.78, 5) is 15.1. The number of piperidine rings is 1. The maximum Gasteiger partial charge on any atom is 0.251 e. The number of nitrogens with one attached hydrogen (secondary N) is 1. The van der Waals surface area contributed by atoms with E-state index in [2.05, 4.69) is 17.1 Å². The van der Waals surface area contributed by atoms with E-state index >= 15 is 0 Å². The van der Waals surface area contributed by atoms with E-state index in [9.17, 15) is 9.90 Å². The minimum atomic E-state index is -0.0987. The van der Waals surface area contributed by atoms with Crippen molar-refractivity contribution in [2.24, 2.45) is 0 Å². The molecule has 2 N–H and O–H groups in total. The second-order valence-corrected chi connectivity index (χ2v) is 8.94. The van der Waals surface area contributed by atoms with Crippen molar-refractivity contribution < 1.29 is 9.90 Å². The van der Waals surface area contributed by atoms with Crippen LogP contribution in [0.25, 0.3) is 10.8 Å². The Labute approximate surface area is 188 Å². The van der Waals surface area contributed by atoms with Gasteiger partial charge in [-0.05, 0) is 62.6 Å². The third-order valence-electron chi connectivity index (χ3n) is 6.24. The molecule has 2 heterocycles. The SMILES string of the molecule is CC1CCCCN1CCCNC(=O)c1ccc2cn(Cc3ccc(Cl)cc3)c(O)c2c1. The van der Waals surface area contributed by atoms with E-state index < -0.39 is 0 Å². The van der Waals surface area contributed by atoms with Crippen LogP contribution in [0.4, 0.5) is 0 Å². The lowest BCUT2D eigenvalue weighted by Gasteiger charge is -2.33. The first-order chi connectivity index (χ1) is 15.0. The quantitative estimate of drug-likeness (QED) is 0.507. The maximum atomic E-state index is 12.6. The first-order valence-electron chi connectivity index (χ1n) is 11.1. The molecular weight excluding hydrogens is 410 g/mol. The number of aromatic nitrogens is 1. The highest BCUT2D eigenvalue weighted by molar-refractivity contribution is 6.30. The first-order valence-corrected chi connectivity index (χ1v) is 11.5. The molecule has 6 heteroatoms. The Morgan fingerprint density at radius 2 is 2.00 bits per heavy atom.